The van der Waals surface area contributed by atoms with Gasteiger partial charge in [0, 0.05) is 17.0 Å². The van der Waals surface area contributed by atoms with Gasteiger partial charge in [0.2, 0.25) is 0 Å². The number of rotatable bonds is 0. The number of hydrogen-bond acceptors (Lipinski definition) is 2. The zero-order valence-electron chi connectivity index (χ0n) is 7.33. The van der Waals surface area contributed by atoms with Crippen LogP contribution in [-0.4, -0.2) is 11.9 Å². The number of para-hydroxylation sites is 1. The first-order valence-corrected chi connectivity index (χ1v) is 4.18. The summed E-state index contributed by atoms with van der Waals surface area (Å²) in [6.07, 6.45) is 0.208. The Labute approximate surface area is 72.3 Å². The fraction of sp³-hybridized carbons (Fsp3) is 0.300. The molecule has 0 radical (unpaired) electrons. The SMILES string of the molecule is CC1=NC(C)Nc2ccccc21. The molecule has 0 fully saturated rings. The molecule has 2 nitrogen and oxygen atoms in total. The van der Waals surface area contributed by atoms with Crippen LogP contribution in [0.4, 0.5) is 5.69 Å². The van der Waals surface area contributed by atoms with Gasteiger partial charge >= 0.3 is 0 Å². The Kier molecular flexibility index (Phi) is 1.61. The Morgan fingerprint density at radius 1 is 1.33 bits per heavy atom. The monoisotopic (exact) mass is 160 g/mol. The highest BCUT2D eigenvalue weighted by Gasteiger charge is 2.12. The number of nitrogens with one attached hydrogen (secondary N) is 1. The smallest absolute Gasteiger partial charge is 0.116 e. The van der Waals surface area contributed by atoms with E-state index in [0.29, 0.717) is 0 Å². The molecule has 1 atom stereocenters. The third-order valence-corrected chi connectivity index (χ3v) is 2.07. The van der Waals surface area contributed by atoms with Gasteiger partial charge < -0.3 is 5.32 Å². The van der Waals surface area contributed by atoms with E-state index in [4.69, 9.17) is 0 Å². The van der Waals surface area contributed by atoms with Crippen molar-refractivity contribution in [2.24, 2.45) is 4.99 Å². The van der Waals surface area contributed by atoms with Gasteiger partial charge in [0.05, 0.1) is 0 Å². The molecule has 0 amide bonds. The molecular formula is C10H12N2. The second-order valence-electron chi connectivity index (χ2n) is 3.08. The normalized spacial score (nSPS) is 20.8. The second kappa shape index (κ2) is 2.63. The van der Waals surface area contributed by atoms with Crippen molar-refractivity contribution in [3.63, 3.8) is 0 Å². The molecule has 1 N–H and O–H groups in total. The van der Waals surface area contributed by atoms with Crippen LogP contribution in [0.25, 0.3) is 0 Å². The van der Waals surface area contributed by atoms with Crippen LogP contribution >= 0.6 is 0 Å². The fourth-order valence-electron chi connectivity index (χ4n) is 1.54. The molecule has 1 aliphatic heterocycles. The average Bonchev–Trinajstić information content (AvgIpc) is 2.04. The Hall–Kier alpha value is -1.31. The second-order valence-corrected chi connectivity index (χ2v) is 3.08. The molecule has 0 saturated heterocycles. The summed E-state index contributed by atoms with van der Waals surface area (Å²) in [6, 6.07) is 8.25. The Bertz CT molecular complexity index is 328. The molecule has 12 heavy (non-hydrogen) atoms. The van der Waals surface area contributed by atoms with Gasteiger partial charge in [0.15, 0.2) is 0 Å². The molecule has 0 aromatic heterocycles. The fourth-order valence-corrected chi connectivity index (χ4v) is 1.54. The molecule has 0 bridgehead atoms. The van der Waals surface area contributed by atoms with Crippen LogP contribution in [0.2, 0.25) is 0 Å². The van der Waals surface area contributed by atoms with Crippen molar-refractivity contribution < 1.29 is 0 Å². The van der Waals surface area contributed by atoms with Crippen LogP contribution in [0.1, 0.15) is 19.4 Å². The third kappa shape index (κ3) is 1.09. The van der Waals surface area contributed by atoms with E-state index >= 15 is 0 Å². The van der Waals surface area contributed by atoms with Gasteiger partial charge in [-0.15, -0.1) is 0 Å². The average molecular weight is 160 g/mol. The van der Waals surface area contributed by atoms with E-state index in [9.17, 15) is 0 Å². The topological polar surface area (TPSA) is 24.4 Å². The first-order chi connectivity index (χ1) is 5.77. The standard InChI is InChI=1S/C10H12N2/c1-7-9-5-3-4-6-10(9)12-8(2)11-7/h3-6,8,12H,1-2H3. The van der Waals surface area contributed by atoms with Crippen LogP contribution in [0, 0.1) is 0 Å². The van der Waals surface area contributed by atoms with Crippen molar-refractivity contribution in [1.82, 2.24) is 0 Å². The maximum Gasteiger partial charge on any atom is 0.116 e. The van der Waals surface area contributed by atoms with E-state index in [1.165, 1.54) is 11.3 Å². The molecule has 2 heteroatoms. The minimum Gasteiger partial charge on any atom is -0.363 e. The first-order valence-electron chi connectivity index (χ1n) is 4.18. The molecule has 0 aliphatic carbocycles. The van der Waals surface area contributed by atoms with Gasteiger partial charge in [-0.2, -0.15) is 0 Å². The van der Waals surface area contributed by atoms with E-state index in [1.807, 2.05) is 12.1 Å². The van der Waals surface area contributed by atoms with Crippen molar-refractivity contribution in [2.45, 2.75) is 20.0 Å². The summed E-state index contributed by atoms with van der Waals surface area (Å²) in [5, 5.41) is 3.30. The summed E-state index contributed by atoms with van der Waals surface area (Å²) < 4.78 is 0. The van der Waals surface area contributed by atoms with Crippen LogP contribution in [0.15, 0.2) is 29.3 Å². The number of fused-ring (bicyclic) bond motifs is 1. The van der Waals surface area contributed by atoms with Gasteiger partial charge in [0.25, 0.3) is 0 Å². The quantitative estimate of drug-likeness (QED) is 0.618. The largest absolute Gasteiger partial charge is 0.363 e. The Morgan fingerprint density at radius 2 is 2.08 bits per heavy atom. The summed E-state index contributed by atoms with van der Waals surface area (Å²) in [7, 11) is 0. The van der Waals surface area contributed by atoms with E-state index < -0.39 is 0 Å². The van der Waals surface area contributed by atoms with Gasteiger partial charge in [-0.3, -0.25) is 4.99 Å². The Balaban J connectivity index is 2.53. The van der Waals surface area contributed by atoms with Crippen LogP contribution in [-0.2, 0) is 0 Å². The van der Waals surface area contributed by atoms with Crippen molar-refractivity contribution in [2.75, 3.05) is 5.32 Å². The lowest BCUT2D eigenvalue weighted by Gasteiger charge is -2.21. The number of nitrogens with zero attached hydrogens (tertiary/aromatic N) is 1. The molecule has 1 aliphatic rings. The van der Waals surface area contributed by atoms with E-state index in [1.54, 1.807) is 0 Å². The molecule has 2 rings (SSSR count). The van der Waals surface area contributed by atoms with E-state index in [2.05, 4.69) is 36.3 Å². The van der Waals surface area contributed by atoms with Crippen molar-refractivity contribution in [3.8, 4) is 0 Å². The lowest BCUT2D eigenvalue weighted by molar-refractivity contribution is 0.842. The predicted octanol–water partition coefficient (Wildman–Crippen LogP) is 2.27. The van der Waals surface area contributed by atoms with Gasteiger partial charge in [-0.1, -0.05) is 18.2 Å². The third-order valence-electron chi connectivity index (χ3n) is 2.07. The molecule has 0 saturated carbocycles. The summed E-state index contributed by atoms with van der Waals surface area (Å²) in [5.41, 5.74) is 3.53. The number of hydrogen-bond donors (Lipinski definition) is 1. The number of benzene rings is 1. The van der Waals surface area contributed by atoms with Gasteiger partial charge in [0.1, 0.15) is 6.17 Å². The summed E-state index contributed by atoms with van der Waals surface area (Å²) in [4.78, 5) is 4.43. The van der Waals surface area contributed by atoms with Crippen LogP contribution in [0.5, 0.6) is 0 Å². The highest BCUT2D eigenvalue weighted by Crippen LogP contribution is 2.21. The first kappa shape index (κ1) is 7.35. The molecule has 1 unspecified atom stereocenters. The van der Waals surface area contributed by atoms with Crippen molar-refractivity contribution in [1.29, 1.82) is 0 Å². The number of aliphatic imine (C=N–C) groups is 1. The summed E-state index contributed by atoms with van der Waals surface area (Å²) >= 11 is 0. The van der Waals surface area contributed by atoms with Crippen LogP contribution in [0.3, 0.4) is 0 Å². The highest BCUT2D eigenvalue weighted by molar-refractivity contribution is 6.04. The molecule has 62 valence electrons. The summed E-state index contributed by atoms with van der Waals surface area (Å²) in [5.74, 6) is 0. The molecule has 1 heterocycles. The lowest BCUT2D eigenvalue weighted by atomic mass is 10.1. The molecule has 0 spiro atoms. The van der Waals surface area contributed by atoms with Crippen LogP contribution < -0.4 is 5.32 Å². The summed E-state index contributed by atoms with van der Waals surface area (Å²) in [6.45, 7) is 4.11. The van der Waals surface area contributed by atoms with E-state index in [-0.39, 0.29) is 6.17 Å². The predicted molar refractivity (Wildman–Crippen MR) is 51.7 cm³/mol. The maximum absolute atomic E-state index is 4.43. The van der Waals surface area contributed by atoms with Crippen molar-refractivity contribution >= 4 is 11.4 Å². The molecular weight excluding hydrogens is 148 g/mol. The van der Waals surface area contributed by atoms with Gasteiger partial charge in [-0.25, -0.2) is 0 Å². The lowest BCUT2D eigenvalue weighted by Crippen LogP contribution is -2.21. The zero-order valence-corrected chi connectivity index (χ0v) is 7.33. The van der Waals surface area contributed by atoms with Crippen molar-refractivity contribution in [3.05, 3.63) is 29.8 Å². The number of anilines is 1. The minimum atomic E-state index is 0.208. The maximum atomic E-state index is 4.43. The highest BCUT2D eigenvalue weighted by atomic mass is 15.1. The molecule has 1 aromatic rings. The Morgan fingerprint density at radius 3 is 2.92 bits per heavy atom. The molecule has 1 aromatic carbocycles. The zero-order chi connectivity index (χ0) is 8.55. The minimum absolute atomic E-state index is 0.208. The van der Waals surface area contributed by atoms with Gasteiger partial charge in [-0.05, 0) is 19.9 Å². The van der Waals surface area contributed by atoms with E-state index in [0.717, 1.165) is 5.71 Å².